The molecule has 0 aliphatic heterocycles. The third-order valence-corrected chi connectivity index (χ3v) is 9.62. The van der Waals surface area contributed by atoms with Gasteiger partial charge in [-0.1, -0.05) is 41.5 Å². The molecule has 0 atom stereocenters. The highest BCUT2D eigenvalue weighted by Gasteiger charge is 2.28. The minimum absolute atomic E-state index is 0.0227. The molecule has 0 unspecified atom stereocenters. The molecule has 4 aromatic rings. The van der Waals surface area contributed by atoms with Gasteiger partial charge in [0, 0.05) is 42.2 Å². The molecule has 0 saturated heterocycles. The van der Waals surface area contributed by atoms with E-state index in [1.807, 2.05) is 30.3 Å². The lowest BCUT2D eigenvalue weighted by Crippen LogP contribution is -2.24. The molecule has 0 spiro atoms. The van der Waals surface area contributed by atoms with Crippen LogP contribution in [0.5, 0.6) is 0 Å². The van der Waals surface area contributed by atoms with Gasteiger partial charge in [0.1, 0.15) is 24.0 Å². The summed E-state index contributed by atoms with van der Waals surface area (Å²) in [5, 5.41) is 2.82. The van der Waals surface area contributed by atoms with Gasteiger partial charge in [0.05, 0.1) is 22.1 Å². The number of carbonyl (C=O) groups excluding carboxylic acids is 1. The number of anilines is 2. The Bertz CT molecular complexity index is 1680. The van der Waals surface area contributed by atoms with Crippen molar-refractivity contribution >= 4 is 39.3 Å². The summed E-state index contributed by atoms with van der Waals surface area (Å²) in [5.41, 5.74) is 11.4. The SMILES string of the molecule is CC(=O)Nc1ccc2c(c1)nc(C(C)(C)C)n2CC1CCC(F)CC1.CC(C)(C)c1nc2cc(N)ccc2n1CC1CCC(F)CC1. The van der Waals surface area contributed by atoms with Crippen LogP contribution in [0.25, 0.3) is 22.1 Å². The van der Waals surface area contributed by atoms with Gasteiger partial charge in [-0.2, -0.15) is 0 Å². The summed E-state index contributed by atoms with van der Waals surface area (Å²) in [6.45, 7) is 16.4. The van der Waals surface area contributed by atoms with E-state index in [9.17, 15) is 13.6 Å². The van der Waals surface area contributed by atoms with Crippen molar-refractivity contribution in [2.24, 2.45) is 11.8 Å². The van der Waals surface area contributed by atoms with Crippen molar-refractivity contribution in [1.82, 2.24) is 19.1 Å². The van der Waals surface area contributed by atoms with Crippen LogP contribution in [-0.2, 0) is 28.7 Å². The number of rotatable bonds is 5. The maximum atomic E-state index is 13.5. The molecular weight excluding hydrogens is 594 g/mol. The van der Waals surface area contributed by atoms with Gasteiger partial charge in [0.2, 0.25) is 5.91 Å². The Morgan fingerprint density at radius 2 is 1.17 bits per heavy atom. The lowest BCUT2D eigenvalue weighted by molar-refractivity contribution is -0.114. The fraction of sp³-hybridized carbons (Fsp3) is 0.605. The van der Waals surface area contributed by atoms with Crippen molar-refractivity contribution in [2.45, 2.75) is 136 Å². The van der Waals surface area contributed by atoms with E-state index in [1.54, 1.807) is 0 Å². The first kappa shape index (κ1) is 34.8. The van der Waals surface area contributed by atoms with Crippen LogP contribution < -0.4 is 11.1 Å². The number of benzene rings is 2. The maximum Gasteiger partial charge on any atom is 0.221 e. The first-order chi connectivity index (χ1) is 22.1. The summed E-state index contributed by atoms with van der Waals surface area (Å²) in [7, 11) is 0. The predicted octanol–water partition coefficient (Wildman–Crippen LogP) is 9.26. The number of alkyl halides is 2. The quantitative estimate of drug-likeness (QED) is 0.211. The summed E-state index contributed by atoms with van der Waals surface area (Å²) in [5.74, 6) is 3.10. The molecule has 2 aliphatic rings. The highest BCUT2D eigenvalue weighted by Crippen LogP contribution is 2.34. The van der Waals surface area contributed by atoms with E-state index in [4.69, 9.17) is 15.7 Å². The van der Waals surface area contributed by atoms with E-state index in [-0.39, 0.29) is 16.7 Å². The minimum atomic E-state index is -0.627. The normalized spacial score (nSPS) is 22.2. The smallest absolute Gasteiger partial charge is 0.221 e. The Kier molecular flexibility index (Phi) is 10.3. The second kappa shape index (κ2) is 13.9. The van der Waals surface area contributed by atoms with Gasteiger partial charge in [-0.05, 0) is 99.6 Å². The molecule has 9 heteroatoms. The molecule has 2 aliphatic carbocycles. The highest BCUT2D eigenvalue weighted by molar-refractivity contribution is 5.91. The molecule has 6 rings (SSSR count). The number of hydrogen-bond donors (Lipinski definition) is 2. The Labute approximate surface area is 278 Å². The summed E-state index contributed by atoms with van der Waals surface area (Å²) < 4.78 is 31.5. The Balaban J connectivity index is 0.000000186. The molecule has 47 heavy (non-hydrogen) atoms. The van der Waals surface area contributed by atoms with Crippen molar-refractivity contribution in [3.05, 3.63) is 48.0 Å². The number of fused-ring (bicyclic) bond motifs is 2. The lowest BCUT2D eigenvalue weighted by atomic mass is 9.87. The van der Waals surface area contributed by atoms with E-state index in [0.717, 1.165) is 83.9 Å². The van der Waals surface area contributed by atoms with Crippen molar-refractivity contribution in [1.29, 1.82) is 0 Å². The van der Waals surface area contributed by atoms with Crippen LogP contribution in [0.4, 0.5) is 20.2 Å². The van der Waals surface area contributed by atoms with E-state index < -0.39 is 12.3 Å². The van der Waals surface area contributed by atoms with E-state index in [0.29, 0.717) is 37.5 Å². The number of hydrogen-bond acceptors (Lipinski definition) is 4. The van der Waals surface area contributed by atoms with Crippen LogP contribution in [0.2, 0.25) is 0 Å². The molecule has 1 amide bonds. The van der Waals surface area contributed by atoms with E-state index in [1.165, 1.54) is 6.92 Å². The summed E-state index contributed by atoms with van der Waals surface area (Å²) in [6, 6.07) is 11.8. The molecule has 2 aromatic heterocycles. The molecule has 2 fully saturated rings. The molecule has 256 valence electrons. The van der Waals surface area contributed by atoms with Gasteiger partial charge in [0.15, 0.2) is 0 Å². The number of nitrogens with zero attached hydrogens (tertiary/aromatic N) is 4. The molecular formula is C38H54F2N6O. The van der Waals surface area contributed by atoms with Gasteiger partial charge >= 0.3 is 0 Å². The Morgan fingerprint density at radius 1 is 0.745 bits per heavy atom. The van der Waals surface area contributed by atoms with Gasteiger partial charge in [-0.3, -0.25) is 4.79 Å². The van der Waals surface area contributed by atoms with Gasteiger partial charge < -0.3 is 20.2 Å². The number of aromatic nitrogens is 4. The van der Waals surface area contributed by atoms with E-state index >= 15 is 0 Å². The van der Waals surface area contributed by atoms with Crippen LogP contribution in [0.15, 0.2) is 36.4 Å². The van der Waals surface area contributed by atoms with Crippen LogP contribution in [0.1, 0.15) is 111 Å². The second-order valence-corrected chi connectivity index (χ2v) is 16.0. The molecule has 2 aromatic carbocycles. The highest BCUT2D eigenvalue weighted by atomic mass is 19.1. The Morgan fingerprint density at radius 3 is 1.60 bits per heavy atom. The van der Waals surface area contributed by atoms with Crippen LogP contribution in [-0.4, -0.2) is 37.4 Å². The predicted molar refractivity (Wildman–Crippen MR) is 189 cm³/mol. The number of nitrogens with two attached hydrogens (primary N) is 1. The molecule has 0 bridgehead atoms. The van der Waals surface area contributed by atoms with E-state index in [2.05, 4.69) is 62.1 Å². The number of nitrogen functional groups attached to an aromatic ring is 1. The van der Waals surface area contributed by atoms with Crippen molar-refractivity contribution < 1.29 is 13.6 Å². The lowest BCUT2D eigenvalue weighted by Gasteiger charge is -2.27. The summed E-state index contributed by atoms with van der Waals surface area (Å²) in [6.07, 6.45) is 5.35. The van der Waals surface area contributed by atoms with Gasteiger partial charge in [-0.15, -0.1) is 0 Å². The van der Waals surface area contributed by atoms with Crippen LogP contribution in [0, 0.1) is 11.8 Å². The fourth-order valence-corrected chi connectivity index (χ4v) is 7.20. The number of imidazole rings is 2. The molecule has 3 N–H and O–H groups in total. The number of carbonyl (C=O) groups is 1. The van der Waals surface area contributed by atoms with Crippen LogP contribution in [0.3, 0.4) is 0 Å². The third kappa shape index (κ3) is 8.52. The van der Waals surface area contributed by atoms with Crippen molar-refractivity contribution in [3.63, 3.8) is 0 Å². The third-order valence-electron chi connectivity index (χ3n) is 9.62. The molecule has 2 saturated carbocycles. The fourth-order valence-electron chi connectivity index (χ4n) is 7.20. The second-order valence-electron chi connectivity index (χ2n) is 16.0. The molecule has 2 heterocycles. The van der Waals surface area contributed by atoms with Gasteiger partial charge in [-0.25, -0.2) is 18.7 Å². The summed E-state index contributed by atoms with van der Waals surface area (Å²) in [4.78, 5) is 21.0. The first-order valence-corrected chi connectivity index (χ1v) is 17.4. The average molecular weight is 649 g/mol. The summed E-state index contributed by atoms with van der Waals surface area (Å²) >= 11 is 0. The zero-order valence-electron chi connectivity index (χ0n) is 29.4. The van der Waals surface area contributed by atoms with Crippen molar-refractivity contribution in [2.75, 3.05) is 11.1 Å². The molecule has 0 radical (unpaired) electrons. The molecule has 7 nitrogen and oxygen atoms in total. The first-order valence-electron chi connectivity index (χ1n) is 17.4. The largest absolute Gasteiger partial charge is 0.399 e. The van der Waals surface area contributed by atoms with Crippen LogP contribution >= 0.6 is 0 Å². The number of amides is 1. The zero-order valence-corrected chi connectivity index (χ0v) is 29.4. The maximum absolute atomic E-state index is 13.5. The number of halogens is 2. The Hall–Kier alpha value is -3.49. The van der Waals surface area contributed by atoms with Gasteiger partial charge in [0.25, 0.3) is 0 Å². The average Bonchev–Trinajstić information content (AvgIpc) is 3.53. The zero-order chi connectivity index (χ0) is 34.1. The monoisotopic (exact) mass is 648 g/mol. The minimum Gasteiger partial charge on any atom is -0.399 e. The number of nitrogens with one attached hydrogen (secondary N) is 1. The standard InChI is InChI=1S/C20H28FN3O.C18H26FN3/c1-13(25)22-16-9-10-18-17(11-16)23-19(20(2,3)4)24(18)12-14-5-7-15(21)8-6-14;1-18(2,3)17-21-15-10-14(20)8-9-16(15)22(17)11-12-4-6-13(19)7-5-12/h9-11,14-15H,5-8,12H2,1-4H3,(H,22,25);8-10,12-13H,4-7,11,20H2,1-3H3. The topological polar surface area (TPSA) is 90.8 Å². The van der Waals surface area contributed by atoms with Crippen molar-refractivity contribution in [3.8, 4) is 0 Å².